The number of carboxylic acid groups (broad SMARTS) is 2. The first-order valence-electron chi connectivity index (χ1n) is 10.0. The van der Waals surface area contributed by atoms with Crippen molar-refractivity contribution in [3.63, 3.8) is 0 Å². The fraction of sp³-hybridized carbons (Fsp3) is 0.850. The number of ether oxygens (including phenoxy) is 1. The average Bonchev–Trinajstić information content (AvgIpc) is 3.10. The topological polar surface area (TPSA) is 113 Å². The number of carboxylic acids is 2. The zero-order chi connectivity index (χ0) is 20.0. The first-order valence-corrected chi connectivity index (χ1v) is 10.0. The van der Waals surface area contributed by atoms with E-state index in [0.717, 1.165) is 19.3 Å². The Kier molecular flexibility index (Phi) is 7.65. The number of hydrogen-bond acceptors (Lipinski definition) is 4. The molecule has 154 valence electrons. The van der Waals surface area contributed by atoms with E-state index in [9.17, 15) is 24.6 Å². The molecule has 0 radical (unpaired) electrons. The van der Waals surface area contributed by atoms with Gasteiger partial charge in [-0.3, -0.25) is 14.4 Å². The van der Waals surface area contributed by atoms with Gasteiger partial charge < -0.3 is 20.3 Å². The molecule has 0 bridgehead atoms. The first-order chi connectivity index (χ1) is 12.8. The largest absolute Gasteiger partial charge is 0.481 e. The quantitative estimate of drug-likeness (QED) is 0.564. The third-order valence-electron chi connectivity index (χ3n) is 6.56. The number of methoxy groups -OCH3 is 1. The maximum absolute atomic E-state index is 13.2. The molecule has 2 saturated carbocycles. The molecule has 0 aromatic heterocycles. The molecule has 2 aliphatic carbocycles. The van der Waals surface area contributed by atoms with Crippen molar-refractivity contribution < 1.29 is 29.3 Å². The summed E-state index contributed by atoms with van der Waals surface area (Å²) in [4.78, 5) is 36.2. The fourth-order valence-corrected chi connectivity index (χ4v) is 4.69. The Morgan fingerprint density at radius 1 is 1.19 bits per heavy atom. The standard InChI is InChI=1S/C20H33NO6/c1-13-5-6-14(17(22)23)11-16(13)21-19(26)20(8-3-4-9-20)12-15(18(24)25)7-10-27-2/h13-16H,3-12H2,1-2H3,(H,21,26)(H,22,23)(H,24,25)/t13-,14+,15?,16?/m1/s1. The van der Waals surface area contributed by atoms with Gasteiger partial charge in [-0.25, -0.2) is 0 Å². The van der Waals surface area contributed by atoms with Gasteiger partial charge in [0.05, 0.1) is 17.3 Å². The molecule has 2 unspecified atom stereocenters. The summed E-state index contributed by atoms with van der Waals surface area (Å²) in [7, 11) is 1.54. The zero-order valence-electron chi connectivity index (χ0n) is 16.4. The van der Waals surface area contributed by atoms with Crippen LogP contribution in [-0.2, 0) is 19.1 Å². The Labute approximate surface area is 160 Å². The predicted octanol–water partition coefficient (Wildman–Crippen LogP) is 2.68. The van der Waals surface area contributed by atoms with Crippen molar-refractivity contribution in [1.82, 2.24) is 5.32 Å². The molecule has 27 heavy (non-hydrogen) atoms. The molecule has 3 N–H and O–H groups in total. The third kappa shape index (κ3) is 5.43. The normalized spacial score (nSPS) is 28.4. The van der Waals surface area contributed by atoms with Crippen molar-refractivity contribution >= 4 is 17.8 Å². The summed E-state index contributed by atoms with van der Waals surface area (Å²) < 4.78 is 5.03. The van der Waals surface area contributed by atoms with Crippen LogP contribution in [0, 0.1) is 23.2 Å². The molecule has 7 nitrogen and oxygen atoms in total. The Morgan fingerprint density at radius 2 is 1.85 bits per heavy atom. The van der Waals surface area contributed by atoms with Crippen LogP contribution in [0.4, 0.5) is 0 Å². The van der Waals surface area contributed by atoms with Crippen molar-refractivity contribution in [2.45, 2.75) is 70.8 Å². The number of aliphatic carboxylic acids is 2. The molecule has 0 heterocycles. The van der Waals surface area contributed by atoms with E-state index >= 15 is 0 Å². The number of amides is 1. The van der Waals surface area contributed by atoms with Crippen LogP contribution in [0.5, 0.6) is 0 Å². The van der Waals surface area contributed by atoms with Crippen LogP contribution in [0.1, 0.15) is 64.7 Å². The predicted molar refractivity (Wildman–Crippen MR) is 99.2 cm³/mol. The highest BCUT2D eigenvalue weighted by atomic mass is 16.5. The summed E-state index contributed by atoms with van der Waals surface area (Å²) in [6.45, 7) is 2.40. The minimum atomic E-state index is -0.886. The summed E-state index contributed by atoms with van der Waals surface area (Å²) in [5, 5.41) is 22.0. The molecular weight excluding hydrogens is 350 g/mol. The lowest BCUT2D eigenvalue weighted by Crippen LogP contribution is -2.50. The highest BCUT2D eigenvalue weighted by Gasteiger charge is 2.45. The van der Waals surface area contributed by atoms with Gasteiger partial charge in [-0.2, -0.15) is 0 Å². The summed E-state index contributed by atoms with van der Waals surface area (Å²) in [5.74, 6) is -2.58. The van der Waals surface area contributed by atoms with E-state index in [0.29, 0.717) is 45.1 Å². The molecule has 0 aliphatic heterocycles. The molecular formula is C20H33NO6. The van der Waals surface area contributed by atoms with E-state index in [4.69, 9.17) is 4.74 Å². The average molecular weight is 383 g/mol. The smallest absolute Gasteiger partial charge is 0.306 e. The van der Waals surface area contributed by atoms with Gasteiger partial charge >= 0.3 is 11.9 Å². The molecule has 0 spiro atoms. The molecule has 0 saturated heterocycles. The van der Waals surface area contributed by atoms with E-state index in [2.05, 4.69) is 5.32 Å². The van der Waals surface area contributed by atoms with Crippen molar-refractivity contribution in [3.8, 4) is 0 Å². The van der Waals surface area contributed by atoms with Crippen molar-refractivity contribution in [1.29, 1.82) is 0 Å². The van der Waals surface area contributed by atoms with Crippen molar-refractivity contribution in [2.24, 2.45) is 23.2 Å². The van der Waals surface area contributed by atoms with Crippen LogP contribution in [0.25, 0.3) is 0 Å². The van der Waals surface area contributed by atoms with E-state index in [1.165, 1.54) is 0 Å². The van der Waals surface area contributed by atoms with Gasteiger partial charge in [0, 0.05) is 19.8 Å². The fourth-order valence-electron chi connectivity index (χ4n) is 4.69. The van der Waals surface area contributed by atoms with Gasteiger partial charge in [-0.15, -0.1) is 0 Å². The van der Waals surface area contributed by atoms with Gasteiger partial charge in [0.2, 0.25) is 5.91 Å². The van der Waals surface area contributed by atoms with Crippen LogP contribution < -0.4 is 5.32 Å². The first kappa shape index (κ1) is 21.7. The number of nitrogens with one attached hydrogen (secondary N) is 1. The van der Waals surface area contributed by atoms with Crippen molar-refractivity contribution in [2.75, 3.05) is 13.7 Å². The van der Waals surface area contributed by atoms with Gasteiger partial charge in [0.25, 0.3) is 0 Å². The second-order valence-corrected chi connectivity index (χ2v) is 8.41. The Bertz CT molecular complexity index is 543. The summed E-state index contributed by atoms with van der Waals surface area (Å²) >= 11 is 0. The lowest BCUT2D eigenvalue weighted by molar-refractivity contribution is -0.147. The number of hydrogen-bond donors (Lipinski definition) is 3. The van der Waals surface area contributed by atoms with E-state index in [-0.39, 0.29) is 17.9 Å². The second-order valence-electron chi connectivity index (χ2n) is 8.41. The second kappa shape index (κ2) is 9.53. The zero-order valence-corrected chi connectivity index (χ0v) is 16.4. The summed E-state index contributed by atoms with van der Waals surface area (Å²) in [6, 6.07) is -0.160. The number of rotatable bonds is 9. The molecule has 2 aliphatic rings. The third-order valence-corrected chi connectivity index (χ3v) is 6.56. The molecule has 0 aromatic rings. The molecule has 1 amide bonds. The minimum absolute atomic E-state index is 0.0912. The SMILES string of the molecule is COCCC(CC1(C(=O)NC2C[C@@H](C(=O)O)CC[C@H]2C)CCCC1)C(=O)O. The van der Waals surface area contributed by atoms with Crippen molar-refractivity contribution in [3.05, 3.63) is 0 Å². The van der Waals surface area contributed by atoms with Gasteiger partial charge in [0.15, 0.2) is 0 Å². The van der Waals surface area contributed by atoms with Crippen LogP contribution in [0.15, 0.2) is 0 Å². The molecule has 2 fully saturated rings. The minimum Gasteiger partial charge on any atom is -0.481 e. The lowest BCUT2D eigenvalue weighted by Gasteiger charge is -2.37. The molecule has 2 rings (SSSR count). The summed E-state index contributed by atoms with van der Waals surface area (Å²) in [6.07, 6.45) is 5.81. The number of carbonyl (C=O) groups excluding carboxylic acids is 1. The highest BCUT2D eigenvalue weighted by molar-refractivity contribution is 5.84. The van der Waals surface area contributed by atoms with Gasteiger partial charge in [-0.05, 0) is 50.9 Å². The van der Waals surface area contributed by atoms with Gasteiger partial charge in [0.1, 0.15) is 0 Å². The highest BCUT2D eigenvalue weighted by Crippen LogP contribution is 2.44. The van der Waals surface area contributed by atoms with Crippen LogP contribution >= 0.6 is 0 Å². The maximum atomic E-state index is 13.2. The van der Waals surface area contributed by atoms with Crippen LogP contribution in [0.3, 0.4) is 0 Å². The Hall–Kier alpha value is -1.63. The molecule has 0 aromatic carbocycles. The summed E-state index contributed by atoms with van der Waals surface area (Å²) in [5.41, 5.74) is -0.660. The Balaban J connectivity index is 2.09. The maximum Gasteiger partial charge on any atom is 0.306 e. The number of carbonyl (C=O) groups is 3. The van der Waals surface area contributed by atoms with Gasteiger partial charge in [-0.1, -0.05) is 19.8 Å². The monoisotopic (exact) mass is 383 g/mol. The van der Waals surface area contributed by atoms with E-state index in [1.807, 2.05) is 6.92 Å². The van der Waals surface area contributed by atoms with E-state index < -0.39 is 29.2 Å². The molecule has 7 heteroatoms. The van der Waals surface area contributed by atoms with Crippen LogP contribution in [0.2, 0.25) is 0 Å². The van der Waals surface area contributed by atoms with Crippen LogP contribution in [-0.4, -0.2) is 47.8 Å². The molecule has 4 atom stereocenters. The Morgan fingerprint density at radius 3 is 2.41 bits per heavy atom. The van der Waals surface area contributed by atoms with E-state index in [1.54, 1.807) is 7.11 Å². The lowest BCUT2D eigenvalue weighted by atomic mass is 9.74.